The van der Waals surface area contributed by atoms with Gasteiger partial charge in [0, 0.05) is 161 Å². The Labute approximate surface area is 602 Å². The molecule has 2 aromatic rings. The fourth-order valence-electron chi connectivity index (χ4n) is 15.9. The number of nitrogens with zero attached hydrogens (tertiary/aromatic N) is 5. The van der Waals surface area contributed by atoms with Crippen LogP contribution in [0.3, 0.4) is 0 Å². The number of carbonyl (C=O) groups is 9. The van der Waals surface area contributed by atoms with Crippen molar-refractivity contribution in [2.75, 3.05) is 18.9 Å². The number of phosphoric ester groups is 1. The van der Waals surface area contributed by atoms with Crippen molar-refractivity contribution in [1.82, 2.24) is 25.5 Å². The number of allylic oxidation sites excluding steroid dienone is 6. The van der Waals surface area contributed by atoms with Crippen LogP contribution in [0.5, 0.6) is 0 Å². The van der Waals surface area contributed by atoms with Gasteiger partial charge in [0.05, 0.1) is 41.7 Å². The maximum atomic E-state index is 14.4. The van der Waals surface area contributed by atoms with Gasteiger partial charge in [-0.05, 0) is 108 Å². The molecular weight excluding hydrogens is 1390 g/mol. The average molecular weight is 1490 g/mol. The number of aromatic nitrogens is 2. The third-order valence-electron chi connectivity index (χ3n) is 21.4. The Balaban J connectivity index is 0.00000135. The van der Waals surface area contributed by atoms with Crippen LogP contribution in [0.15, 0.2) is 67.8 Å². The fourth-order valence-corrected chi connectivity index (χ4v) is 17.2. The normalized spacial score (nSPS) is 31.7. The summed E-state index contributed by atoms with van der Waals surface area (Å²) in [5.74, 6) is -8.56. The Bertz CT molecular complexity index is 3870. The average Bonchev–Trinajstić information content (AvgIpc) is 1.53. The number of primary amides is 6. The Morgan fingerprint density at radius 1 is 0.822 bits per heavy atom. The smallest absolute Gasteiger partial charge is 0.327 e. The van der Waals surface area contributed by atoms with Crippen LogP contribution in [-0.4, -0.2) is 156 Å². The standard InChI is InChI=1S/C62H90N13O14P.C5H9NO3S.Co/c1-29-20-39-40(21-30(29)2)75(28-70-39)57-52(84)53(41(27-76)87-57)89-90(85,86)88-31(3)26-69-49(83)18-19-59(8)37(22-46(66)80)56-62(11)61(10,25-48(68)82)36(14-17-45(65)79)51(74-62)33(5)55-60(9,24-47(67)81)34(12-15-43(63)77)38(71-55)23-42-58(6,7)35(13-16-44(64)78)50(72-42)32(4)54(59)73-56;1-3(7)6-4(2-10)5(8)9;/h20-21,23,28,31,34-37,41,52-53,56-57,71,76,84H,12-19,22,24-27H2,1-11H3,(H2,63,77)(H2,64,78)(H2,65,79)(H2,66,80)(H2,67,81)(H2,68,82)(H,69,83)(H,85,86);4,10H,2H2,1H3,(H,6,7)(H,8,9);/p-1/b38-23-,50-32-,55-33-;;/t31?,34-,35-,36-,37?,41-,52-,53+,56?,57+,59-,60+,61+,62?;4-;/m10./s1. The molecule has 8 rings (SSSR count). The molecule has 31 nitrogen and oxygen atoms in total. The van der Waals surface area contributed by atoms with E-state index in [9.17, 15) is 62.8 Å². The molecule has 18 N–H and O–H groups in total. The van der Waals surface area contributed by atoms with Crippen molar-refractivity contribution in [3.63, 3.8) is 0 Å². The summed E-state index contributed by atoms with van der Waals surface area (Å²) in [5, 5.41) is 38.7. The van der Waals surface area contributed by atoms with Gasteiger partial charge in [-0.1, -0.05) is 34.6 Å². The van der Waals surface area contributed by atoms with Gasteiger partial charge in [0.2, 0.25) is 47.3 Å². The number of carboxylic acids is 1. The molecule has 34 heteroatoms. The first-order valence-corrected chi connectivity index (χ1v) is 35.3. The van der Waals surface area contributed by atoms with E-state index < -0.39 is 155 Å². The number of fused-ring (bicyclic) bond motifs is 7. The Morgan fingerprint density at radius 2 is 1.41 bits per heavy atom. The topological polar surface area (TPSA) is 529 Å². The van der Waals surface area contributed by atoms with Gasteiger partial charge in [0.1, 0.15) is 24.4 Å². The zero-order valence-corrected chi connectivity index (χ0v) is 61.9. The number of nitrogens with one attached hydrogen (secondary N) is 3. The van der Waals surface area contributed by atoms with Crippen LogP contribution < -0.4 is 55.2 Å². The van der Waals surface area contributed by atoms with Crippen LogP contribution in [0, 0.1) is 59.2 Å². The molecular formula is C67H98CoN14O17PS-. The first kappa shape index (κ1) is 82.7. The summed E-state index contributed by atoms with van der Waals surface area (Å²) in [5.41, 5.74) is 37.2. The number of aryl methyl sites for hydroxylation is 2. The van der Waals surface area contributed by atoms with E-state index in [-0.39, 0.29) is 106 Å². The first-order valence-electron chi connectivity index (χ1n) is 33.2. The number of nitrogens with two attached hydrogens (primary N) is 6. The van der Waals surface area contributed by atoms with E-state index in [0.29, 0.717) is 56.4 Å². The van der Waals surface area contributed by atoms with Crippen molar-refractivity contribution in [3.05, 3.63) is 63.9 Å². The summed E-state index contributed by atoms with van der Waals surface area (Å²) in [6.45, 7) is 20.4. The maximum Gasteiger partial charge on any atom is 0.327 e. The van der Waals surface area contributed by atoms with E-state index in [2.05, 4.69) is 33.6 Å². The Hall–Kier alpha value is -7.20. The van der Waals surface area contributed by atoms with Crippen molar-refractivity contribution >= 4 is 102 Å². The molecule has 0 aliphatic carbocycles. The summed E-state index contributed by atoms with van der Waals surface area (Å²) in [6.07, 6.45) is -4.57. The van der Waals surface area contributed by atoms with Gasteiger partial charge in [0.25, 0.3) is 7.82 Å². The summed E-state index contributed by atoms with van der Waals surface area (Å²) in [7, 11) is -5.32. The number of carboxylic acid groups (broad SMARTS) is 1. The Kier molecular flexibility index (Phi) is 26.4. The number of aliphatic hydroxyl groups excluding tert-OH is 2. The molecule has 1 radical (unpaired) electrons. The van der Waals surface area contributed by atoms with E-state index in [1.54, 1.807) is 0 Å². The number of carbonyl (C=O) groups excluding carboxylic acids is 8. The SMILES string of the molecule is C/C1=C2N=C(/C=C3\N/C(=C(/C)C4=NC(C)(C5N=C1[C@](C)(CCC(=O)NCC(C)OP(=O)([O-])O[C@@H]1[C@@H](O)[C@@H](n6cnc7cc(C)c(C)cc76)O[C@@H]1CO)C5CC(N)=O)[C@@](C)(CC(N)=O)[C@@H]4CCC(N)=O)[C@@](C)(CC(N)=O)[C@@H]3CCC(N)=O)C(C)(C)[C@@H]/2CCC(N)=O.CC(=O)N[C@@H](CS)C(=O)O.[Co]. The molecule has 559 valence electrons. The molecule has 6 aliphatic heterocycles. The van der Waals surface area contributed by atoms with Crippen LogP contribution >= 0.6 is 20.5 Å². The minimum Gasteiger partial charge on any atom is -0.756 e. The van der Waals surface area contributed by atoms with Crippen LogP contribution in [0.25, 0.3) is 11.0 Å². The molecule has 2 saturated heterocycles. The summed E-state index contributed by atoms with van der Waals surface area (Å²) < 4.78 is 31.9. The number of hydrogen-bond donors (Lipinski definition) is 13. The fraction of sp³-hybridized carbons (Fsp3) is 0.627. The predicted molar refractivity (Wildman–Crippen MR) is 370 cm³/mol. The molecule has 1 aromatic carbocycles. The molecule has 8 amide bonds. The van der Waals surface area contributed by atoms with Crippen LogP contribution in [-0.2, 0) is 78.3 Å². The second-order valence-corrected chi connectivity index (χ2v) is 30.5. The maximum absolute atomic E-state index is 14.4. The number of benzene rings is 1. The molecule has 0 spiro atoms. The van der Waals surface area contributed by atoms with Gasteiger partial charge in [-0.2, -0.15) is 12.6 Å². The van der Waals surface area contributed by atoms with Gasteiger partial charge in [0.15, 0.2) is 6.23 Å². The van der Waals surface area contributed by atoms with E-state index in [0.717, 1.165) is 11.1 Å². The van der Waals surface area contributed by atoms with Crippen LogP contribution in [0.4, 0.5) is 0 Å². The third-order valence-corrected chi connectivity index (χ3v) is 22.9. The molecule has 1 aromatic heterocycles. The number of aliphatic imine (C=N–C) groups is 3. The number of rotatable bonds is 29. The molecule has 16 atom stereocenters. The quantitative estimate of drug-likeness (QED) is 0.0409. The molecule has 0 saturated carbocycles. The zero-order valence-electron chi connectivity index (χ0n) is 59.0. The minimum absolute atomic E-state index is 0. The van der Waals surface area contributed by atoms with Crippen molar-refractivity contribution in [2.45, 2.75) is 202 Å². The van der Waals surface area contributed by atoms with Crippen molar-refractivity contribution in [2.24, 2.45) is 94.7 Å². The minimum atomic E-state index is -5.32. The number of amides is 8. The van der Waals surface area contributed by atoms with Gasteiger partial charge in [-0.3, -0.25) is 57.9 Å². The number of aliphatic carboxylic acids is 1. The number of phosphoric acid groups is 1. The molecule has 6 aliphatic rings. The monoisotopic (exact) mass is 1490 g/mol. The predicted octanol–water partition coefficient (Wildman–Crippen LogP) is 2.03. The molecule has 101 heavy (non-hydrogen) atoms. The third kappa shape index (κ3) is 17.4. The largest absolute Gasteiger partial charge is 0.756 e. The van der Waals surface area contributed by atoms with Gasteiger partial charge < -0.3 is 88.9 Å². The van der Waals surface area contributed by atoms with E-state index >= 15 is 0 Å². The second-order valence-electron chi connectivity index (χ2n) is 28.8. The van der Waals surface area contributed by atoms with Gasteiger partial charge in [-0.25, -0.2) is 9.78 Å². The Morgan fingerprint density at radius 3 is 1.94 bits per heavy atom. The molecule has 7 heterocycles. The van der Waals surface area contributed by atoms with E-state index in [1.807, 2.05) is 87.4 Å². The molecule has 2 fully saturated rings. The summed E-state index contributed by atoms with van der Waals surface area (Å²) >= 11 is 3.73. The first-order chi connectivity index (χ1) is 46.4. The zero-order chi connectivity index (χ0) is 74.9. The number of thiol groups is 1. The summed E-state index contributed by atoms with van der Waals surface area (Å²) in [6, 6.07) is 1.79. The van der Waals surface area contributed by atoms with Crippen LogP contribution in [0.2, 0.25) is 0 Å². The van der Waals surface area contributed by atoms with Crippen molar-refractivity contribution in [1.29, 1.82) is 0 Å². The number of aliphatic hydroxyl groups is 2. The van der Waals surface area contributed by atoms with Crippen molar-refractivity contribution in [3.8, 4) is 0 Å². The van der Waals surface area contributed by atoms with Crippen molar-refractivity contribution < 1.29 is 98.5 Å². The molecule has 8 bridgehead atoms. The number of hydrogen-bond acceptors (Lipinski definition) is 22. The van der Waals surface area contributed by atoms with Crippen LogP contribution in [0.1, 0.15) is 157 Å². The summed E-state index contributed by atoms with van der Waals surface area (Å²) in [4.78, 5) is 149. The molecule has 5 unspecified atom stereocenters. The second kappa shape index (κ2) is 32.2. The van der Waals surface area contributed by atoms with E-state index in [4.69, 9.17) is 68.3 Å². The van der Waals surface area contributed by atoms with Gasteiger partial charge >= 0.3 is 5.97 Å². The van der Waals surface area contributed by atoms with Gasteiger partial charge in [-0.15, -0.1) is 0 Å². The number of ether oxygens (including phenoxy) is 1. The number of imidazole rings is 1. The van der Waals surface area contributed by atoms with E-state index in [1.165, 1.54) is 24.7 Å².